The van der Waals surface area contributed by atoms with E-state index < -0.39 is 22.7 Å². The number of nitro groups is 1. The molecule has 34 heavy (non-hydrogen) atoms. The minimum atomic E-state index is -0.666. The van der Waals surface area contributed by atoms with E-state index in [1.54, 1.807) is 36.4 Å². The second-order valence-corrected chi connectivity index (χ2v) is 7.72. The molecule has 10 heteroatoms. The fraction of sp³-hybridized carbons (Fsp3) is 0.0417. The summed E-state index contributed by atoms with van der Waals surface area (Å²) in [6.07, 6.45) is 1.39. The third-order valence-corrected chi connectivity index (χ3v) is 5.26. The van der Waals surface area contributed by atoms with Gasteiger partial charge in [-0.2, -0.15) is 0 Å². The van der Waals surface area contributed by atoms with Crippen molar-refractivity contribution in [1.82, 2.24) is 5.32 Å². The number of methoxy groups -OCH3 is 1. The summed E-state index contributed by atoms with van der Waals surface area (Å²) in [7, 11) is 1.25. The van der Waals surface area contributed by atoms with Gasteiger partial charge >= 0.3 is 5.97 Å². The number of anilines is 1. The molecule has 0 fully saturated rings. The zero-order chi connectivity index (χ0) is 24.7. The summed E-state index contributed by atoms with van der Waals surface area (Å²) in [5, 5.41) is 16.1. The maximum Gasteiger partial charge on any atom is 0.337 e. The standard InChI is InChI=1S/C24H18BrN3O6/c1-34-24(31)16-5-4-6-17(14-16)26-23(30)21(13-15-9-11-18(12-10-15)28(32)33)27-22(29)19-7-2-3-8-20(19)25/h2-14H,1H3,(H,26,30)(H,27,29). The van der Waals surface area contributed by atoms with Crippen LogP contribution >= 0.6 is 15.9 Å². The van der Waals surface area contributed by atoms with Crippen molar-refractivity contribution < 1.29 is 24.0 Å². The lowest BCUT2D eigenvalue weighted by Crippen LogP contribution is -2.31. The number of nitrogens with one attached hydrogen (secondary N) is 2. The Morgan fingerprint density at radius 1 is 1.00 bits per heavy atom. The average molecular weight is 524 g/mol. The van der Waals surface area contributed by atoms with Gasteiger partial charge in [0.25, 0.3) is 17.5 Å². The van der Waals surface area contributed by atoms with E-state index in [1.165, 1.54) is 49.6 Å². The number of nitro benzene ring substituents is 1. The van der Waals surface area contributed by atoms with Crippen molar-refractivity contribution in [3.63, 3.8) is 0 Å². The second-order valence-electron chi connectivity index (χ2n) is 6.87. The first kappa shape index (κ1) is 24.3. The molecule has 172 valence electrons. The van der Waals surface area contributed by atoms with Gasteiger partial charge in [0.05, 0.1) is 23.2 Å². The monoisotopic (exact) mass is 523 g/mol. The molecule has 0 saturated carbocycles. The molecule has 0 spiro atoms. The van der Waals surface area contributed by atoms with E-state index in [-0.39, 0.29) is 16.9 Å². The average Bonchev–Trinajstić information content (AvgIpc) is 2.83. The summed E-state index contributed by atoms with van der Waals surface area (Å²) in [5.41, 5.74) is 1.07. The molecule has 0 aromatic heterocycles. The molecule has 2 N–H and O–H groups in total. The molecule has 0 radical (unpaired) electrons. The fourth-order valence-electron chi connectivity index (χ4n) is 2.89. The van der Waals surface area contributed by atoms with Crippen LogP contribution in [0.25, 0.3) is 6.08 Å². The number of benzene rings is 3. The van der Waals surface area contributed by atoms with Gasteiger partial charge in [-0.15, -0.1) is 0 Å². The summed E-state index contributed by atoms with van der Waals surface area (Å²) in [4.78, 5) is 48.1. The smallest absolute Gasteiger partial charge is 0.337 e. The number of non-ortho nitro benzene ring substituents is 1. The second kappa shape index (κ2) is 11.0. The molecule has 0 aliphatic heterocycles. The molecule has 0 unspecified atom stereocenters. The molecule has 0 atom stereocenters. The number of rotatable bonds is 7. The molecule has 2 amide bonds. The van der Waals surface area contributed by atoms with Crippen molar-refractivity contribution in [3.05, 3.63) is 110 Å². The minimum absolute atomic E-state index is 0.111. The number of hydrogen-bond donors (Lipinski definition) is 2. The highest BCUT2D eigenvalue weighted by atomic mass is 79.9. The summed E-state index contributed by atoms with van der Waals surface area (Å²) in [6.45, 7) is 0. The Hall–Kier alpha value is -4.31. The lowest BCUT2D eigenvalue weighted by Gasteiger charge is -2.12. The van der Waals surface area contributed by atoms with Crippen LogP contribution in [0.1, 0.15) is 26.3 Å². The Balaban J connectivity index is 1.92. The summed E-state index contributed by atoms with van der Waals surface area (Å²) in [6, 6.07) is 18.3. The molecule has 3 rings (SSSR count). The van der Waals surface area contributed by atoms with Gasteiger partial charge in [0.15, 0.2) is 0 Å². The predicted molar refractivity (Wildman–Crippen MR) is 129 cm³/mol. The number of hydrogen-bond acceptors (Lipinski definition) is 6. The number of nitrogens with zero attached hydrogens (tertiary/aromatic N) is 1. The van der Waals surface area contributed by atoms with Crippen LogP contribution in [0.3, 0.4) is 0 Å². The first-order valence-corrected chi connectivity index (χ1v) is 10.6. The minimum Gasteiger partial charge on any atom is -0.465 e. The van der Waals surface area contributed by atoms with Crippen molar-refractivity contribution in [1.29, 1.82) is 0 Å². The van der Waals surface area contributed by atoms with Crippen molar-refractivity contribution >= 4 is 51.2 Å². The van der Waals surface area contributed by atoms with Gasteiger partial charge in [0, 0.05) is 22.3 Å². The first-order chi connectivity index (χ1) is 16.3. The highest BCUT2D eigenvalue weighted by Crippen LogP contribution is 2.19. The van der Waals surface area contributed by atoms with Crippen LogP contribution in [0.15, 0.2) is 83.0 Å². The number of carbonyl (C=O) groups excluding carboxylic acids is 3. The van der Waals surface area contributed by atoms with Crippen LogP contribution in [0.2, 0.25) is 0 Å². The SMILES string of the molecule is COC(=O)c1cccc(NC(=O)C(=Cc2ccc([N+](=O)[O-])cc2)NC(=O)c2ccccc2Br)c1. The molecule has 3 aromatic rings. The van der Waals surface area contributed by atoms with E-state index in [4.69, 9.17) is 0 Å². The molecule has 0 bridgehead atoms. The third-order valence-electron chi connectivity index (χ3n) is 4.57. The quantitative estimate of drug-likeness (QED) is 0.202. The molecule has 0 aliphatic carbocycles. The normalized spacial score (nSPS) is 10.8. The zero-order valence-corrected chi connectivity index (χ0v) is 19.4. The summed E-state index contributed by atoms with van der Waals surface area (Å²) < 4.78 is 5.23. The Labute approximate surface area is 202 Å². The Morgan fingerprint density at radius 2 is 1.71 bits per heavy atom. The highest BCUT2D eigenvalue weighted by Gasteiger charge is 2.17. The van der Waals surface area contributed by atoms with E-state index in [1.807, 2.05) is 0 Å². The molecular weight excluding hydrogens is 506 g/mol. The predicted octanol–water partition coefficient (Wildman–Crippen LogP) is 4.55. The number of carbonyl (C=O) groups is 3. The van der Waals surface area contributed by atoms with Gasteiger partial charge in [-0.3, -0.25) is 19.7 Å². The topological polar surface area (TPSA) is 128 Å². The van der Waals surface area contributed by atoms with Gasteiger partial charge < -0.3 is 15.4 Å². The Kier molecular flexibility index (Phi) is 7.88. The molecule has 3 aromatic carbocycles. The molecule has 0 saturated heterocycles. The largest absolute Gasteiger partial charge is 0.465 e. The van der Waals surface area contributed by atoms with Crippen LogP contribution in [0.5, 0.6) is 0 Å². The highest BCUT2D eigenvalue weighted by molar-refractivity contribution is 9.10. The van der Waals surface area contributed by atoms with Crippen molar-refractivity contribution in [2.45, 2.75) is 0 Å². The lowest BCUT2D eigenvalue weighted by molar-refractivity contribution is -0.384. The number of amides is 2. The number of ether oxygens (including phenoxy) is 1. The summed E-state index contributed by atoms with van der Waals surface area (Å²) in [5.74, 6) is -1.78. The van der Waals surface area contributed by atoms with E-state index in [2.05, 4.69) is 31.3 Å². The van der Waals surface area contributed by atoms with E-state index in [0.717, 1.165) is 0 Å². The summed E-state index contributed by atoms with van der Waals surface area (Å²) >= 11 is 3.31. The Morgan fingerprint density at radius 3 is 2.35 bits per heavy atom. The molecular formula is C24H18BrN3O6. The zero-order valence-electron chi connectivity index (χ0n) is 17.8. The third kappa shape index (κ3) is 6.14. The van der Waals surface area contributed by atoms with Crippen LogP contribution in [-0.4, -0.2) is 29.8 Å². The number of halogens is 1. The lowest BCUT2D eigenvalue weighted by atomic mass is 10.1. The van der Waals surface area contributed by atoms with Gasteiger partial charge in [0.1, 0.15) is 5.70 Å². The van der Waals surface area contributed by atoms with Crippen molar-refractivity contribution in [3.8, 4) is 0 Å². The molecule has 0 aliphatic rings. The van der Waals surface area contributed by atoms with E-state index in [9.17, 15) is 24.5 Å². The van der Waals surface area contributed by atoms with Gasteiger partial charge in [-0.05, 0) is 70.0 Å². The van der Waals surface area contributed by atoms with Gasteiger partial charge in [-0.1, -0.05) is 18.2 Å². The first-order valence-electron chi connectivity index (χ1n) is 9.80. The maximum absolute atomic E-state index is 13.1. The molecule has 0 heterocycles. The van der Waals surface area contributed by atoms with E-state index in [0.29, 0.717) is 21.3 Å². The number of esters is 1. The van der Waals surface area contributed by atoms with Crippen LogP contribution in [-0.2, 0) is 9.53 Å². The van der Waals surface area contributed by atoms with Gasteiger partial charge in [0.2, 0.25) is 0 Å². The van der Waals surface area contributed by atoms with Crippen molar-refractivity contribution in [2.75, 3.05) is 12.4 Å². The maximum atomic E-state index is 13.1. The van der Waals surface area contributed by atoms with Crippen LogP contribution in [0.4, 0.5) is 11.4 Å². The Bertz CT molecular complexity index is 1290. The van der Waals surface area contributed by atoms with Gasteiger partial charge in [-0.25, -0.2) is 4.79 Å². The molecule has 9 nitrogen and oxygen atoms in total. The van der Waals surface area contributed by atoms with Crippen LogP contribution < -0.4 is 10.6 Å². The van der Waals surface area contributed by atoms with Crippen molar-refractivity contribution in [2.24, 2.45) is 0 Å². The van der Waals surface area contributed by atoms with E-state index >= 15 is 0 Å². The van der Waals surface area contributed by atoms with Crippen LogP contribution in [0, 0.1) is 10.1 Å². The fourth-order valence-corrected chi connectivity index (χ4v) is 3.36.